The largest absolute Gasteiger partial charge is 0.326 e. The summed E-state index contributed by atoms with van der Waals surface area (Å²) in [4.78, 5) is 12.8. The first-order valence-corrected chi connectivity index (χ1v) is 15.3. The molecule has 2 N–H and O–H groups in total. The number of amides is 1. The van der Waals surface area contributed by atoms with Crippen LogP contribution in [-0.2, 0) is 30.6 Å². The minimum Gasteiger partial charge on any atom is -0.326 e. The molecule has 0 aromatic heterocycles. The topological polar surface area (TPSA) is 113 Å². The molecule has 1 saturated heterocycles. The molecule has 1 aliphatic rings. The van der Waals surface area contributed by atoms with Crippen molar-refractivity contribution in [3.63, 3.8) is 0 Å². The molecule has 0 unspecified atom stereocenters. The van der Waals surface area contributed by atoms with Crippen molar-refractivity contribution in [1.82, 2.24) is 4.31 Å². The van der Waals surface area contributed by atoms with Crippen LogP contribution in [0.3, 0.4) is 0 Å². The number of halogens is 2. The minimum absolute atomic E-state index is 0.0173. The predicted octanol–water partition coefficient (Wildman–Crippen LogP) is 4.97. The molecule has 4 rings (SSSR count). The van der Waals surface area contributed by atoms with Crippen molar-refractivity contribution >= 4 is 60.5 Å². The summed E-state index contributed by atoms with van der Waals surface area (Å²) in [6, 6.07) is 19.0. The van der Waals surface area contributed by atoms with Gasteiger partial charge in [-0.15, -0.1) is 0 Å². The summed E-state index contributed by atoms with van der Waals surface area (Å²) < 4.78 is 54.8. The monoisotopic (exact) mass is 581 g/mol. The van der Waals surface area contributed by atoms with E-state index >= 15 is 0 Å². The first-order valence-electron chi connectivity index (χ1n) is 11.4. The number of sulfonamides is 2. The van der Waals surface area contributed by atoms with E-state index in [-0.39, 0.29) is 46.3 Å². The van der Waals surface area contributed by atoms with Gasteiger partial charge in [0.25, 0.3) is 10.0 Å². The van der Waals surface area contributed by atoms with Crippen LogP contribution < -0.4 is 10.0 Å². The maximum absolute atomic E-state index is 12.8. The van der Waals surface area contributed by atoms with Gasteiger partial charge >= 0.3 is 0 Å². The zero-order chi connectivity index (χ0) is 26.6. The second-order valence-electron chi connectivity index (χ2n) is 8.66. The Hall–Kier alpha value is -2.63. The summed E-state index contributed by atoms with van der Waals surface area (Å²) in [6.45, 7) is 0.484. The third kappa shape index (κ3) is 7.03. The molecular weight excluding hydrogens is 557 g/mol. The van der Waals surface area contributed by atoms with E-state index in [0.717, 1.165) is 0 Å². The van der Waals surface area contributed by atoms with Crippen molar-refractivity contribution in [3.05, 3.63) is 88.4 Å². The van der Waals surface area contributed by atoms with E-state index < -0.39 is 20.0 Å². The molecule has 3 aromatic rings. The lowest BCUT2D eigenvalue weighted by molar-refractivity contribution is -0.120. The molecule has 3 aromatic carbocycles. The molecular formula is C25H25Cl2N3O5S2. The molecule has 0 aliphatic carbocycles. The van der Waals surface area contributed by atoms with E-state index in [1.165, 1.54) is 28.6 Å². The molecule has 1 aliphatic heterocycles. The van der Waals surface area contributed by atoms with E-state index in [2.05, 4.69) is 10.0 Å². The van der Waals surface area contributed by atoms with Gasteiger partial charge in [-0.2, -0.15) is 0 Å². The van der Waals surface area contributed by atoms with Gasteiger partial charge in [0.05, 0.1) is 21.4 Å². The van der Waals surface area contributed by atoms with Crippen LogP contribution in [0.25, 0.3) is 0 Å². The average Bonchev–Trinajstić information content (AvgIpc) is 2.85. The molecule has 0 saturated carbocycles. The average molecular weight is 583 g/mol. The normalized spacial score (nSPS) is 15.3. The fourth-order valence-electron chi connectivity index (χ4n) is 4.03. The van der Waals surface area contributed by atoms with Crippen LogP contribution in [0.15, 0.2) is 77.7 Å². The van der Waals surface area contributed by atoms with Gasteiger partial charge in [-0.25, -0.2) is 21.1 Å². The van der Waals surface area contributed by atoms with Crippen molar-refractivity contribution in [3.8, 4) is 0 Å². The van der Waals surface area contributed by atoms with Crippen molar-refractivity contribution in [2.75, 3.05) is 23.1 Å². The number of hydrogen-bond donors (Lipinski definition) is 2. The van der Waals surface area contributed by atoms with Gasteiger partial charge in [0.15, 0.2) is 0 Å². The quantitative estimate of drug-likeness (QED) is 0.389. The Labute approximate surface area is 226 Å². The lowest BCUT2D eigenvalue weighted by Crippen LogP contribution is -2.41. The van der Waals surface area contributed by atoms with Gasteiger partial charge in [0.2, 0.25) is 15.9 Å². The molecule has 0 spiro atoms. The van der Waals surface area contributed by atoms with E-state index in [1.54, 1.807) is 48.5 Å². The lowest BCUT2D eigenvalue weighted by atomic mass is 9.97. The van der Waals surface area contributed by atoms with Crippen molar-refractivity contribution < 1.29 is 21.6 Å². The van der Waals surface area contributed by atoms with Crippen LogP contribution in [0.1, 0.15) is 18.4 Å². The number of carbonyl (C=O) groups is 1. The Morgan fingerprint density at radius 3 is 2.22 bits per heavy atom. The lowest BCUT2D eigenvalue weighted by Gasteiger charge is -2.30. The number of anilines is 2. The van der Waals surface area contributed by atoms with Crippen molar-refractivity contribution in [2.45, 2.75) is 23.5 Å². The summed E-state index contributed by atoms with van der Waals surface area (Å²) in [5.74, 6) is -0.745. The summed E-state index contributed by atoms with van der Waals surface area (Å²) in [6.07, 6.45) is 0.768. The first kappa shape index (κ1) is 27.4. The van der Waals surface area contributed by atoms with E-state index in [9.17, 15) is 21.6 Å². The van der Waals surface area contributed by atoms with Crippen LogP contribution in [0, 0.1) is 5.92 Å². The molecule has 0 bridgehead atoms. The van der Waals surface area contributed by atoms with Gasteiger partial charge < -0.3 is 5.32 Å². The van der Waals surface area contributed by atoms with Crippen LogP contribution in [0.4, 0.5) is 11.4 Å². The van der Waals surface area contributed by atoms with Crippen LogP contribution in [0.2, 0.25) is 10.0 Å². The fourth-order valence-corrected chi connectivity index (χ4v) is 7.12. The maximum atomic E-state index is 12.8. The van der Waals surface area contributed by atoms with Crippen LogP contribution in [0.5, 0.6) is 0 Å². The highest BCUT2D eigenvalue weighted by atomic mass is 35.5. The van der Waals surface area contributed by atoms with Gasteiger partial charge in [-0.1, -0.05) is 47.5 Å². The highest BCUT2D eigenvalue weighted by Crippen LogP contribution is 2.26. The van der Waals surface area contributed by atoms with Gasteiger partial charge in [-0.3, -0.25) is 9.52 Å². The van der Waals surface area contributed by atoms with E-state index in [4.69, 9.17) is 23.2 Å². The molecule has 1 fully saturated rings. The summed E-state index contributed by atoms with van der Waals surface area (Å²) >= 11 is 12.0. The first-order chi connectivity index (χ1) is 17.5. The number of carbonyl (C=O) groups excluding carboxylic acids is 1. The number of para-hydroxylation sites is 1. The SMILES string of the molecule is O=C(Nc1ccc(S(=O)(=O)Nc2ccccc2Cl)cc1)C1CCN(S(=O)(=O)Cc2cccc(Cl)c2)CC1. The molecule has 12 heteroatoms. The highest BCUT2D eigenvalue weighted by Gasteiger charge is 2.31. The number of piperidine rings is 1. The number of nitrogens with one attached hydrogen (secondary N) is 2. The van der Waals surface area contributed by atoms with E-state index in [0.29, 0.717) is 29.1 Å². The molecule has 1 amide bonds. The summed E-state index contributed by atoms with van der Waals surface area (Å²) in [7, 11) is -7.40. The second kappa shape index (κ2) is 11.4. The fraction of sp³-hybridized carbons (Fsp3) is 0.240. The van der Waals surface area contributed by atoms with Crippen LogP contribution in [-0.4, -0.2) is 40.1 Å². The Balaban J connectivity index is 1.32. The Bertz CT molecular complexity index is 1490. The minimum atomic E-state index is -3.86. The number of hydrogen-bond acceptors (Lipinski definition) is 5. The van der Waals surface area contributed by atoms with Gasteiger partial charge in [0.1, 0.15) is 0 Å². The van der Waals surface area contributed by atoms with Crippen molar-refractivity contribution in [1.29, 1.82) is 0 Å². The standard InChI is InChI=1S/C25H25Cl2N3O5S2/c26-20-5-3-4-18(16-20)17-36(32,33)30-14-12-19(13-15-30)25(31)28-21-8-10-22(11-9-21)37(34,35)29-24-7-2-1-6-23(24)27/h1-11,16,19,29H,12-15,17H2,(H,28,31). The predicted molar refractivity (Wildman–Crippen MR) is 146 cm³/mol. The molecule has 196 valence electrons. The third-order valence-corrected chi connectivity index (χ3v) is 9.80. The third-order valence-electron chi connectivity index (χ3n) is 6.01. The Morgan fingerprint density at radius 2 is 1.57 bits per heavy atom. The van der Waals surface area contributed by atoms with Crippen molar-refractivity contribution in [2.24, 2.45) is 5.92 Å². The second-order valence-corrected chi connectivity index (χ2v) is 13.2. The molecule has 1 heterocycles. The summed E-state index contributed by atoms with van der Waals surface area (Å²) in [5.41, 5.74) is 1.32. The Morgan fingerprint density at radius 1 is 0.892 bits per heavy atom. The molecule has 0 atom stereocenters. The van der Waals surface area contributed by atoms with Gasteiger partial charge in [0, 0.05) is 29.7 Å². The molecule has 37 heavy (non-hydrogen) atoms. The zero-order valence-corrected chi connectivity index (χ0v) is 22.7. The smallest absolute Gasteiger partial charge is 0.261 e. The number of rotatable bonds is 8. The number of nitrogens with zero attached hydrogens (tertiary/aromatic N) is 1. The Kier molecular flexibility index (Phi) is 8.45. The summed E-state index contributed by atoms with van der Waals surface area (Å²) in [5, 5.41) is 3.54. The zero-order valence-electron chi connectivity index (χ0n) is 19.6. The van der Waals surface area contributed by atoms with Gasteiger partial charge in [-0.05, 0) is 66.9 Å². The molecule has 8 nitrogen and oxygen atoms in total. The van der Waals surface area contributed by atoms with Crippen LogP contribution >= 0.6 is 23.2 Å². The highest BCUT2D eigenvalue weighted by molar-refractivity contribution is 7.92. The maximum Gasteiger partial charge on any atom is 0.261 e. The molecule has 0 radical (unpaired) electrons. The van der Waals surface area contributed by atoms with E-state index in [1.807, 2.05) is 0 Å². The number of benzene rings is 3.